The van der Waals surface area contributed by atoms with Crippen LogP contribution in [0.1, 0.15) is 29.1 Å². The number of ether oxygens (including phenoxy) is 3. The number of benzene rings is 3. The van der Waals surface area contributed by atoms with Crippen LogP contribution in [-0.4, -0.2) is 39.9 Å². The molecule has 0 bridgehead atoms. The Morgan fingerprint density at radius 1 is 1.13 bits per heavy atom. The summed E-state index contributed by atoms with van der Waals surface area (Å²) in [5.74, 6) is 1.74. The molecule has 0 unspecified atom stereocenters. The molecular weight excluding hydrogens is 591 g/mol. The lowest BCUT2D eigenvalue weighted by atomic mass is 10.1. The zero-order valence-electron chi connectivity index (χ0n) is 21.5. The smallest absolute Gasteiger partial charge is 0.220 e. The van der Waals surface area contributed by atoms with Crippen LogP contribution >= 0.6 is 27.7 Å². The van der Waals surface area contributed by atoms with Crippen LogP contribution in [0.5, 0.6) is 17.2 Å². The lowest BCUT2D eigenvalue weighted by molar-refractivity contribution is -0.479. The predicted molar refractivity (Wildman–Crippen MR) is 149 cm³/mol. The Morgan fingerprint density at radius 3 is 2.54 bits per heavy atom. The van der Waals surface area contributed by atoms with Gasteiger partial charge in [0.05, 0.1) is 18.2 Å². The molecule has 0 aliphatic rings. The van der Waals surface area contributed by atoms with Gasteiger partial charge in [0.2, 0.25) is 6.54 Å². The first-order valence-corrected chi connectivity index (χ1v) is 13.6. The minimum atomic E-state index is -0.628. The van der Waals surface area contributed by atoms with Gasteiger partial charge in [-0.25, -0.2) is 4.39 Å². The fourth-order valence-corrected chi connectivity index (χ4v) is 5.59. The van der Waals surface area contributed by atoms with E-state index >= 15 is 0 Å². The Labute approximate surface area is 237 Å². The summed E-state index contributed by atoms with van der Waals surface area (Å²) in [5.41, 5.74) is 1.83. The maximum atomic E-state index is 14.1. The summed E-state index contributed by atoms with van der Waals surface area (Å²) in [6.45, 7) is 3.60. The molecule has 0 fully saturated rings. The van der Waals surface area contributed by atoms with Crippen LogP contribution < -0.4 is 14.2 Å². The van der Waals surface area contributed by atoms with E-state index < -0.39 is 5.25 Å². The number of thioether (sulfide) groups is 1. The highest BCUT2D eigenvalue weighted by molar-refractivity contribution is 9.10. The average molecular weight is 617 g/mol. The highest BCUT2D eigenvalue weighted by Gasteiger charge is 2.26. The van der Waals surface area contributed by atoms with Gasteiger partial charge in [-0.05, 0) is 77.8 Å². The fraction of sp³-hybridized carbons (Fsp3) is 0.259. The van der Waals surface area contributed by atoms with Crippen LogP contribution in [0.25, 0.3) is 5.69 Å². The van der Waals surface area contributed by atoms with E-state index in [9.17, 15) is 14.5 Å². The van der Waals surface area contributed by atoms with Gasteiger partial charge in [0, 0.05) is 16.2 Å². The summed E-state index contributed by atoms with van der Waals surface area (Å²) in [5, 5.41) is 20.1. The Bertz CT molecular complexity index is 1450. The van der Waals surface area contributed by atoms with Crippen molar-refractivity contribution in [1.29, 1.82) is 0 Å². The molecule has 4 aromatic rings. The number of hydrogen-bond donors (Lipinski definition) is 0. The second kappa shape index (κ2) is 12.9. The summed E-state index contributed by atoms with van der Waals surface area (Å²) < 4.78 is 33.5. The topological polar surface area (TPSA) is 102 Å². The van der Waals surface area contributed by atoms with E-state index in [-0.39, 0.29) is 23.9 Å². The highest BCUT2D eigenvalue weighted by atomic mass is 79.9. The van der Waals surface area contributed by atoms with Crippen molar-refractivity contribution in [2.24, 2.45) is 0 Å². The minimum Gasteiger partial charge on any atom is -0.497 e. The molecule has 0 amide bonds. The first kappa shape index (κ1) is 28.4. The van der Waals surface area contributed by atoms with Gasteiger partial charge in [-0.2, -0.15) is 0 Å². The zero-order valence-corrected chi connectivity index (χ0v) is 23.9. The van der Waals surface area contributed by atoms with Gasteiger partial charge in [-0.3, -0.25) is 14.7 Å². The quantitative estimate of drug-likeness (QED) is 0.1000. The molecule has 0 radical (unpaired) electrons. The van der Waals surface area contributed by atoms with Gasteiger partial charge in [0.1, 0.15) is 29.2 Å². The van der Waals surface area contributed by atoms with E-state index in [1.165, 1.54) is 17.8 Å². The van der Waals surface area contributed by atoms with Crippen molar-refractivity contribution in [1.82, 2.24) is 14.8 Å². The molecule has 1 atom stereocenters. The normalized spacial score (nSPS) is 11.7. The van der Waals surface area contributed by atoms with Gasteiger partial charge in [-0.15, -0.1) is 10.2 Å². The molecule has 3 aromatic carbocycles. The molecule has 204 valence electrons. The largest absolute Gasteiger partial charge is 0.497 e. The molecule has 0 aliphatic heterocycles. The van der Waals surface area contributed by atoms with E-state index in [4.69, 9.17) is 14.2 Å². The Balaban J connectivity index is 1.67. The molecule has 1 aromatic heterocycles. The molecule has 0 spiro atoms. The molecule has 0 N–H and O–H groups in total. The number of nitrogens with zero attached hydrogens (tertiary/aromatic N) is 4. The highest BCUT2D eigenvalue weighted by Crippen LogP contribution is 2.43. The minimum absolute atomic E-state index is 0.0119. The lowest BCUT2D eigenvalue weighted by Gasteiger charge is -2.19. The Morgan fingerprint density at radius 2 is 1.87 bits per heavy atom. The van der Waals surface area contributed by atoms with Crippen molar-refractivity contribution in [2.75, 3.05) is 20.3 Å². The van der Waals surface area contributed by atoms with E-state index in [1.807, 2.05) is 42.7 Å². The van der Waals surface area contributed by atoms with Crippen molar-refractivity contribution in [3.05, 3.63) is 98.0 Å². The van der Waals surface area contributed by atoms with Gasteiger partial charge in [0.15, 0.2) is 16.7 Å². The number of hydrogen-bond acceptors (Lipinski definition) is 8. The predicted octanol–water partition coefficient (Wildman–Crippen LogP) is 6.57. The number of rotatable bonds is 12. The maximum Gasteiger partial charge on any atom is 0.220 e. The van der Waals surface area contributed by atoms with Gasteiger partial charge < -0.3 is 14.2 Å². The van der Waals surface area contributed by atoms with Crippen molar-refractivity contribution >= 4 is 27.7 Å². The number of aromatic nitrogens is 3. The molecule has 12 heteroatoms. The second-order valence-corrected chi connectivity index (χ2v) is 10.4. The van der Waals surface area contributed by atoms with Gasteiger partial charge in [0.25, 0.3) is 0 Å². The van der Waals surface area contributed by atoms with Gasteiger partial charge >= 0.3 is 0 Å². The molecule has 0 aliphatic carbocycles. The van der Waals surface area contributed by atoms with Crippen molar-refractivity contribution in [3.8, 4) is 22.9 Å². The van der Waals surface area contributed by atoms with Crippen LogP contribution in [0.3, 0.4) is 0 Å². The summed E-state index contributed by atoms with van der Waals surface area (Å²) in [4.78, 5) is 11.3. The number of methoxy groups -OCH3 is 1. The first-order chi connectivity index (χ1) is 18.8. The van der Waals surface area contributed by atoms with Crippen molar-refractivity contribution < 1.29 is 23.5 Å². The van der Waals surface area contributed by atoms with E-state index in [0.717, 1.165) is 5.69 Å². The van der Waals surface area contributed by atoms with Crippen LogP contribution in [0, 0.1) is 22.9 Å². The molecule has 4 rings (SSSR count). The average Bonchev–Trinajstić information content (AvgIpc) is 3.28. The summed E-state index contributed by atoms with van der Waals surface area (Å²) >= 11 is 4.75. The monoisotopic (exact) mass is 616 g/mol. The van der Waals surface area contributed by atoms with Crippen molar-refractivity contribution in [3.63, 3.8) is 0 Å². The molecule has 0 saturated carbocycles. The van der Waals surface area contributed by atoms with E-state index in [0.29, 0.717) is 50.4 Å². The number of halogens is 2. The van der Waals surface area contributed by atoms with Crippen LogP contribution in [0.15, 0.2) is 70.3 Å². The molecule has 9 nitrogen and oxygen atoms in total. The standard InChI is InChI=1S/C27H26BrFN4O5S/c1-4-37-24-14-19(13-22(28)26(24)38-16-18-7-5-6-8-23(18)29)25(15-32(34)35)39-27-31-30-17(2)33(27)20-9-11-21(36-3)12-10-20/h5-14,25H,4,15-16H2,1-3H3/t25-/m1/s1. The van der Waals surface area contributed by atoms with E-state index in [1.54, 1.807) is 37.4 Å². The Hall–Kier alpha value is -3.64. The Kier molecular flexibility index (Phi) is 9.41. The first-order valence-electron chi connectivity index (χ1n) is 12.0. The zero-order chi connectivity index (χ0) is 27.9. The van der Waals surface area contributed by atoms with Crippen LogP contribution in [0.4, 0.5) is 4.39 Å². The van der Waals surface area contributed by atoms with E-state index in [2.05, 4.69) is 26.1 Å². The second-order valence-electron chi connectivity index (χ2n) is 8.33. The van der Waals surface area contributed by atoms with Crippen molar-refractivity contribution in [2.45, 2.75) is 30.9 Å². The van der Waals surface area contributed by atoms with Gasteiger partial charge in [-0.1, -0.05) is 30.0 Å². The SMILES string of the molecule is CCOc1cc([C@@H](C[N+](=O)[O-])Sc2nnc(C)n2-c2ccc(OC)cc2)cc(Br)c1OCc1ccccc1F. The van der Waals surface area contributed by atoms with Crippen LogP contribution in [-0.2, 0) is 6.61 Å². The third-order valence-electron chi connectivity index (χ3n) is 5.72. The number of aryl methyl sites for hydroxylation is 1. The maximum absolute atomic E-state index is 14.1. The summed E-state index contributed by atoms with van der Waals surface area (Å²) in [6.07, 6.45) is 0. The lowest BCUT2D eigenvalue weighted by Crippen LogP contribution is -2.12. The summed E-state index contributed by atoms with van der Waals surface area (Å²) in [6, 6.07) is 17.2. The molecule has 39 heavy (non-hydrogen) atoms. The third-order valence-corrected chi connectivity index (χ3v) is 7.49. The fourth-order valence-electron chi connectivity index (χ4n) is 3.86. The molecule has 1 heterocycles. The third kappa shape index (κ3) is 6.87. The molecular formula is C27H26BrFN4O5S. The summed E-state index contributed by atoms with van der Waals surface area (Å²) in [7, 11) is 1.59. The number of nitro groups is 1. The molecule has 0 saturated heterocycles. The van der Waals surface area contributed by atoms with Crippen LogP contribution in [0.2, 0.25) is 0 Å².